The van der Waals surface area contributed by atoms with Crippen molar-refractivity contribution in [3.05, 3.63) is 35.6 Å². The average Bonchev–Trinajstić information content (AvgIpc) is 2.85. The molecular formula is C16H23FN2O3S. The summed E-state index contributed by atoms with van der Waals surface area (Å²) in [5.41, 5.74) is 0.790. The molecule has 0 unspecified atom stereocenters. The third-order valence-corrected chi connectivity index (χ3v) is 6.19. The first-order chi connectivity index (χ1) is 10.7. The molecule has 0 radical (unpaired) electrons. The number of benzene rings is 1. The Morgan fingerprint density at radius 2 is 2.09 bits per heavy atom. The van der Waals surface area contributed by atoms with Crippen LogP contribution in [0, 0.1) is 5.82 Å². The molecule has 0 bridgehead atoms. The summed E-state index contributed by atoms with van der Waals surface area (Å²) in [4.78, 5) is 15.9. The number of hydrogen-bond acceptors (Lipinski definition) is 4. The van der Waals surface area contributed by atoms with Gasteiger partial charge in [-0.05, 0) is 38.1 Å². The lowest BCUT2D eigenvalue weighted by Crippen LogP contribution is -2.48. The van der Waals surface area contributed by atoms with Crippen molar-refractivity contribution in [1.82, 2.24) is 9.80 Å². The Morgan fingerprint density at radius 1 is 1.39 bits per heavy atom. The van der Waals surface area contributed by atoms with Gasteiger partial charge in [0.25, 0.3) is 0 Å². The highest BCUT2D eigenvalue weighted by Gasteiger charge is 2.34. The normalized spacial score (nSPS) is 21.3. The number of amides is 1. The van der Waals surface area contributed by atoms with E-state index in [0.717, 1.165) is 5.56 Å². The number of hydrogen-bond donors (Lipinski definition) is 0. The Morgan fingerprint density at radius 3 is 2.65 bits per heavy atom. The van der Waals surface area contributed by atoms with Crippen LogP contribution in [0.2, 0.25) is 0 Å². The maximum Gasteiger partial charge on any atom is 0.239 e. The predicted octanol–water partition coefficient (Wildman–Crippen LogP) is 1.29. The number of carbonyl (C=O) groups excluding carboxylic acids is 1. The first kappa shape index (κ1) is 17.9. The van der Waals surface area contributed by atoms with E-state index in [1.54, 1.807) is 27.1 Å². The van der Waals surface area contributed by atoms with Crippen LogP contribution < -0.4 is 0 Å². The van der Waals surface area contributed by atoms with Gasteiger partial charge in [-0.3, -0.25) is 9.69 Å². The van der Waals surface area contributed by atoms with E-state index in [2.05, 4.69) is 0 Å². The van der Waals surface area contributed by atoms with Gasteiger partial charge in [0.15, 0.2) is 9.84 Å². The van der Waals surface area contributed by atoms with Crippen LogP contribution in [0.1, 0.15) is 18.9 Å². The maximum atomic E-state index is 13.2. The topological polar surface area (TPSA) is 57.7 Å². The van der Waals surface area contributed by atoms with Crippen molar-refractivity contribution in [2.24, 2.45) is 0 Å². The second-order valence-electron chi connectivity index (χ2n) is 6.23. The van der Waals surface area contributed by atoms with Gasteiger partial charge in [0.05, 0.1) is 17.5 Å². The number of rotatable bonds is 5. The molecule has 5 nitrogen and oxygen atoms in total. The van der Waals surface area contributed by atoms with Crippen LogP contribution in [0.5, 0.6) is 0 Å². The van der Waals surface area contributed by atoms with E-state index in [9.17, 15) is 17.6 Å². The smallest absolute Gasteiger partial charge is 0.239 e. The second-order valence-corrected chi connectivity index (χ2v) is 8.46. The third-order valence-electron chi connectivity index (χ3n) is 4.44. The molecule has 0 N–H and O–H groups in total. The Bertz CT molecular complexity index is 678. The third kappa shape index (κ3) is 4.51. The van der Waals surface area contributed by atoms with Gasteiger partial charge in [0, 0.05) is 19.6 Å². The molecule has 0 saturated carbocycles. The van der Waals surface area contributed by atoms with Crippen LogP contribution >= 0.6 is 0 Å². The van der Waals surface area contributed by atoms with Crippen LogP contribution in [0.25, 0.3) is 0 Å². The molecule has 2 rings (SSSR count). The molecule has 0 aromatic heterocycles. The lowest BCUT2D eigenvalue weighted by atomic mass is 10.1. The van der Waals surface area contributed by atoms with E-state index < -0.39 is 15.9 Å². The molecule has 1 aromatic carbocycles. The van der Waals surface area contributed by atoms with Gasteiger partial charge in [-0.25, -0.2) is 12.8 Å². The standard InChI is InChI=1S/C16H23FN2O3S/c1-12(18(2)10-13-5-4-6-14(17)9-13)16(20)19(3)15-7-8-23(21,22)11-15/h4-6,9,12,15H,7-8,10-11H2,1-3H3/t12-,15+/m0/s1. The molecule has 2 atom stereocenters. The number of sulfone groups is 1. The van der Waals surface area contributed by atoms with Crippen LogP contribution in [0.4, 0.5) is 4.39 Å². The van der Waals surface area contributed by atoms with Crippen molar-refractivity contribution in [2.75, 3.05) is 25.6 Å². The quantitative estimate of drug-likeness (QED) is 0.809. The van der Waals surface area contributed by atoms with Crippen molar-refractivity contribution in [3.63, 3.8) is 0 Å². The van der Waals surface area contributed by atoms with E-state index in [1.807, 2.05) is 11.0 Å². The summed E-state index contributed by atoms with van der Waals surface area (Å²) in [6.07, 6.45) is 0.491. The van der Waals surface area contributed by atoms with E-state index in [4.69, 9.17) is 0 Å². The fraction of sp³-hybridized carbons (Fsp3) is 0.562. The molecule has 23 heavy (non-hydrogen) atoms. The molecule has 1 fully saturated rings. The fourth-order valence-electron chi connectivity index (χ4n) is 2.80. The van der Waals surface area contributed by atoms with Crippen molar-refractivity contribution in [1.29, 1.82) is 0 Å². The predicted molar refractivity (Wildman–Crippen MR) is 87.2 cm³/mol. The lowest BCUT2D eigenvalue weighted by Gasteiger charge is -2.31. The Balaban J connectivity index is 1.98. The highest BCUT2D eigenvalue weighted by molar-refractivity contribution is 7.91. The maximum absolute atomic E-state index is 13.2. The van der Waals surface area contributed by atoms with Gasteiger partial charge >= 0.3 is 0 Å². The molecule has 1 heterocycles. The van der Waals surface area contributed by atoms with Crippen molar-refractivity contribution in [2.45, 2.75) is 32.0 Å². The zero-order valence-corrected chi connectivity index (χ0v) is 14.5. The van der Waals surface area contributed by atoms with Crippen LogP contribution in [-0.4, -0.2) is 61.8 Å². The molecular weight excluding hydrogens is 319 g/mol. The van der Waals surface area contributed by atoms with Crippen molar-refractivity contribution in [3.8, 4) is 0 Å². The van der Waals surface area contributed by atoms with Crippen molar-refractivity contribution < 1.29 is 17.6 Å². The van der Waals surface area contributed by atoms with E-state index in [-0.39, 0.29) is 29.3 Å². The van der Waals surface area contributed by atoms with Gasteiger partial charge in [-0.2, -0.15) is 0 Å². The zero-order valence-electron chi connectivity index (χ0n) is 13.7. The van der Waals surface area contributed by atoms with Gasteiger partial charge in [0.2, 0.25) is 5.91 Å². The highest BCUT2D eigenvalue weighted by Crippen LogP contribution is 2.18. The Labute approximate surface area is 137 Å². The first-order valence-corrected chi connectivity index (χ1v) is 9.43. The Hall–Kier alpha value is -1.47. The molecule has 128 valence electrons. The van der Waals surface area contributed by atoms with Crippen LogP contribution in [0.3, 0.4) is 0 Å². The number of halogens is 1. The monoisotopic (exact) mass is 342 g/mol. The Kier molecular flexibility index (Phi) is 5.41. The van der Waals surface area contributed by atoms with Crippen molar-refractivity contribution >= 4 is 15.7 Å². The molecule has 1 aliphatic heterocycles. The number of carbonyl (C=O) groups is 1. The number of nitrogens with zero attached hydrogens (tertiary/aromatic N) is 2. The lowest BCUT2D eigenvalue weighted by molar-refractivity contribution is -0.136. The average molecular weight is 342 g/mol. The van der Waals surface area contributed by atoms with E-state index >= 15 is 0 Å². The van der Waals surface area contributed by atoms with E-state index in [0.29, 0.717) is 13.0 Å². The zero-order chi connectivity index (χ0) is 17.2. The highest BCUT2D eigenvalue weighted by atomic mass is 32.2. The van der Waals surface area contributed by atoms with E-state index in [1.165, 1.54) is 17.0 Å². The largest absolute Gasteiger partial charge is 0.340 e. The minimum Gasteiger partial charge on any atom is -0.340 e. The minimum atomic E-state index is -3.02. The summed E-state index contributed by atoms with van der Waals surface area (Å²) in [6.45, 7) is 2.23. The molecule has 1 aliphatic rings. The van der Waals surface area contributed by atoms with Crippen LogP contribution in [0.15, 0.2) is 24.3 Å². The molecule has 0 aliphatic carbocycles. The fourth-order valence-corrected chi connectivity index (χ4v) is 4.58. The summed E-state index contributed by atoms with van der Waals surface area (Å²) >= 11 is 0. The first-order valence-electron chi connectivity index (χ1n) is 7.61. The minimum absolute atomic E-state index is 0.0373. The molecule has 0 spiro atoms. The van der Waals surface area contributed by atoms with Gasteiger partial charge in [0.1, 0.15) is 5.82 Å². The molecule has 1 aromatic rings. The van der Waals surface area contributed by atoms with Crippen LogP contribution in [-0.2, 0) is 21.2 Å². The van der Waals surface area contributed by atoms with Gasteiger partial charge < -0.3 is 4.90 Å². The summed E-state index contributed by atoms with van der Waals surface area (Å²) in [7, 11) is 0.429. The second kappa shape index (κ2) is 6.97. The number of likely N-dealkylation sites (N-methyl/N-ethyl adjacent to an activating group) is 2. The summed E-state index contributed by atoms with van der Waals surface area (Å²) in [5.74, 6) is -0.243. The van der Waals surface area contributed by atoms with Gasteiger partial charge in [-0.1, -0.05) is 12.1 Å². The SMILES string of the molecule is C[C@@H](C(=O)N(C)[C@@H]1CCS(=O)(=O)C1)N(C)Cc1cccc(F)c1. The molecule has 1 amide bonds. The molecule has 7 heteroatoms. The summed E-state index contributed by atoms with van der Waals surface area (Å²) in [5, 5.41) is 0. The van der Waals surface area contributed by atoms with Gasteiger partial charge in [-0.15, -0.1) is 0 Å². The summed E-state index contributed by atoms with van der Waals surface area (Å²) in [6, 6.07) is 5.61. The summed E-state index contributed by atoms with van der Waals surface area (Å²) < 4.78 is 36.4. The molecule has 1 saturated heterocycles.